The lowest BCUT2D eigenvalue weighted by Crippen LogP contribution is -2.32. The minimum absolute atomic E-state index is 0.0193. The molecule has 0 aromatic heterocycles. The van der Waals surface area contributed by atoms with Gasteiger partial charge in [-0.15, -0.1) is 0 Å². The molecule has 0 bridgehead atoms. The minimum atomic E-state index is -1.07. The van der Waals surface area contributed by atoms with E-state index in [4.69, 9.17) is 5.73 Å². The average Bonchev–Trinajstić information content (AvgIpc) is 2.58. The molecular formula is C17H18N2O5. The number of anilines is 1. The van der Waals surface area contributed by atoms with E-state index in [0.29, 0.717) is 16.5 Å². The second kappa shape index (κ2) is 7.56. The monoisotopic (exact) mass is 330 g/mol. The summed E-state index contributed by atoms with van der Waals surface area (Å²) in [7, 11) is 1.23. The lowest BCUT2D eigenvalue weighted by molar-refractivity contribution is -0.142. The van der Waals surface area contributed by atoms with Crippen molar-refractivity contribution in [3.05, 3.63) is 42.0 Å². The number of carbonyl (C=O) groups is 3. The first-order valence-corrected chi connectivity index (χ1v) is 7.31. The van der Waals surface area contributed by atoms with E-state index in [1.807, 2.05) is 0 Å². The smallest absolute Gasteiger partial charge is 0.336 e. The quantitative estimate of drug-likeness (QED) is 0.694. The van der Waals surface area contributed by atoms with Gasteiger partial charge in [-0.1, -0.05) is 24.3 Å². The van der Waals surface area contributed by atoms with Crippen molar-refractivity contribution in [1.29, 1.82) is 0 Å². The lowest BCUT2D eigenvalue weighted by atomic mass is 10.0. The molecule has 0 heterocycles. The molecule has 0 fully saturated rings. The number of carboxylic acids is 1. The van der Waals surface area contributed by atoms with E-state index < -0.39 is 18.0 Å². The van der Waals surface area contributed by atoms with Crippen LogP contribution in [0.5, 0.6) is 0 Å². The number of amides is 1. The SMILES string of the molecule is COC(=O)[C@@H](N)CCC(=O)Nc1cc(C(=O)O)c2ccccc2c1. The van der Waals surface area contributed by atoms with Crippen LogP contribution in [-0.4, -0.2) is 36.1 Å². The van der Waals surface area contributed by atoms with Gasteiger partial charge in [-0.05, 0) is 29.3 Å². The zero-order valence-electron chi connectivity index (χ0n) is 13.1. The molecule has 126 valence electrons. The Morgan fingerprint density at radius 3 is 2.62 bits per heavy atom. The highest BCUT2D eigenvalue weighted by Gasteiger charge is 2.16. The van der Waals surface area contributed by atoms with Crippen molar-refractivity contribution in [3.8, 4) is 0 Å². The molecule has 0 aliphatic heterocycles. The molecule has 0 aliphatic carbocycles. The third kappa shape index (κ3) is 4.08. The van der Waals surface area contributed by atoms with Crippen LogP contribution in [0.1, 0.15) is 23.2 Å². The van der Waals surface area contributed by atoms with Crippen LogP contribution in [0.15, 0.2) is 36.4 Å². The van der Waals surface area contributed by atoms with E-state index in [2.05, 4.69) is 10.1 Å². The summed E-state index contributed by atoms with van der Waals surface area (Å²) >= 11 is 0. The topological polar surface area (TPSA) is 119 Å². The zero-order chi connectivity index (χ0) is 17.7. The van der Waals surface area contributed by atoms with Gasteiger partial charge >= 0.3 is 11.9 Å². The van der Waals surface area contributed by atoms with Crippen LogP contribution < -0.4 is 11.1 Å². The van der Waals surface area contributed by atoms with Crippen molar-refractivity contribution < 1.29 is 24.2 Å². The number of esters is 1. The average molecular weight is 330 g/mol. The maximum absolute atomic E-state index is 12.0. The molecule has 2 aromatic rings. The summed E-state index contributed by atoms with van der Waals surface area (Å²) < 4.78 is 4.49. The number of ether oxygens (including phenoxy) is 1. The summed E-state index contributed by atoms with van der Waals surface area (Å²) in [5.74, 6) is -2.02. The van der Waals surface area contributed by atoms with E-state index in [1.54, 1.807) is 30.3 Å². The molecule has 1 atom stereocenters. The van der Waals surface area contributed by atoms with Gasteiger partial charge in [-0.3, -0.25) is 9.59 Å². The first-order valence-electron chi connectivity index (χ1n) is 7.31. The number of aromatic carboxylic acids is 1. The molecule has 0 saturated carbocycles. The number of nitrogens with two attached hydrogens (primary N) is 1. The fourth-order valence-corrected chi connectivity index (χ4v) is 2.34. The van der Waals surface area contributed by atoms with Crippen molar-refractivity contribution in [2.24, 2.45) is 5.73 Å². The highest BCUT2D eigenvalue weighted by molar-refractivity contribution is 6.06. The Balaban J connectivity index is 2.13. The third-order valence-electron chi connectivity index (χ3n) is 3.56. The van der Waals surface area contributed by atoms with Crippen LogP contribution in [-0.2, 0) is 14.3 Å². The molecule has 0 spiro atoms. The molecule has 2 rings (SSSR count). The van der Waals surface area contributed by atoms with Gasteiger partial charge in [0.2, 0.25) is 5.91 Å². The molecule has 0 radical (unpaired) electrons. The Labute approximate surface area is 138 Å². The van der Waals surface area contributed by atoms with Gasteiger partial charge in [0.05, 0.1) is 12.7 Å². The van der Waals surface area contributed by atoms with Crippen LogP contribution in [0, 0.1) is 0 Å². The predicted octanol–water partition coefficient (Wildman–Crippen LogP) is 1.76. The van der Waals surface area contributed by atoms with Gasteiger partial charge in [-0.2, -0.15) is 0 Å². The van der Waals surface area contributed by atoms with Gasteiger partial charge < -0.3 is 20.9 Å². The first-order chi connectivity index (χ1) is 11.4. The standard InChI is InChI=1S/C17H18N2O5/c1-24-17(23)14(18)6-7-15(20)19-11-8-10-4-2-3-5-12(10)13(9-11)16(21)22/h2-5,8-9,14H,6-7,18H2,1H3,(H,19,20)(H,21,22)/t14-/m0/s1. The third-order valence-corrected chi connectivity index (χ3v) is 3.56. The number of hydrogen-bond donors (Lipinski definition) is 3. The molecule has 0 saturated heterocycles. The number of carboxylic acid groups (broad SMARTS) is 1. The van der Waals surface area contributed by atoms with Crippen molar-refractivity contribution >= 4 is 34.3 Å². The molecule has 7 heteroatoms. The van der Waals surface area contributed by atoms with Crippen LogP contribution in [0.25, 0.3) is 10.8 Å². The zero-order valence-corrected chi connectivity index (χ0v) is 13.1. The number of benzene rings is 2. The number of nitrogens with one attached hydrogen (secondary N) is 1. The van der Waals surface area contributed by atoms with Crippen molar-refractivity contribution in [2.45, 2.75) is 18.9 Å². The van der Waals surface area contributed by atoms with Crippen LogP contribution in [0.4, 0.5) is 5.69 Å². The van der Waals surface area contributed by atoms with Gasteiger partial charge in [-0.25, -0.2) is 4.79 Å². The van der Waals surface area contributed by atoms with Gasteiger partial charge in [0.25, 0.3) is 0 Å². The Morgan fingerprint density at radius 2 is 1.96 bits per heavy atom. The number of fused-ring (bicyclic) bond motifs is 1. The number of rotatable bonds is 6. The summed E-state index contributed by atoms with van der Waals surface area (Å²) in [6.45, 7) is 0. The van der Waals surface area contributed by atoms with Crippen LogP contribution in [0.2, 0.25) is 0 Å². The summed E-state index contributed by atoms with van der Waals surface area (Å²) in [6, 6.07) is 9.25. The predicted molar refractivity (Wildman–Crippen MR) is 88.8 cm³/mol. The molecule has 24 heavy (non-hydrogen) atoms. The fourth-order valence-electron chi connectivity index (χ4n) is 2.34. The molecule has 2 aromatic carbocycles. The summed E-state index contributed by atoms with van der Waals surface area (Å²) in [5.41, 5.74) is 6.06. The van der Waals surface area contributed by atoms with E-state index in [0.717, 1.165) is 0 Å². The van der Waals surface area contributed by atoms with Crippen molar-refractivity contribution in [1.82, 2.24) is 0 Å². The second-order valence-corrected chi connectivity index (χ2v) is 5.27. The Morgan fingerprint density at radius 1 is 1.25 bits per heavy atom. The number of hydrogen-bond acceptors (Lipinski definition) is 5. The molecule has 4 N–H and O–H groups in total. The Hall–Kier alpha value is -2.93. The van der Waals surface area contributed by atoms with Gasteiger partial charge in [0.1, 0.15) is 6.04 Å². The number of methoxy groups -OCH3 is 1. The maximum Gasteiger partial charge on any atom is 0.336 e. The fraction of sp³-hybridized carbons (Fsp3) is 0.235. The normalized spacial score (nSPS) is 11.8. The maximum atomic E-state index is 12.0. The summed E-state index contributed by atoms with van der Waals surface area (Å²) in [4.78, 5) is 34.6. The highest BCUT2D eigenvalue weighted by atomic mass is 16.5. The van der Waals surface area contributed by atoms with E-state index >= 15 is 0 Å². The lowest BCUT2D eigenvalue weighted by Gasteiger charge is -2.11. The highest BCUT2D eigenvalue weighted by Crippen LogP contribution is 2.24. The first kappa shape index (κ1) is 17.4. The summed E-state index contributed by atoms with van der Waals surface area (Å²) in [5, 5.41) is 13.3. The van der Waals surface area contributed by atoms with Crippen LogP contribution in [0.3, 0.4) is 0 Å². The summed E-state index contributed by atoms with van der Waals surface area (Å²) in [6.07, 6.45) is 0.156. The Bertz CT molecular complexity index is 788. The van der Waals surface area contributed by atoms with Crippen molar-refractivity contribution in [3.63, 3.8) is 0 Å². The molecule has 7 nitrogen and oxygen atoms in total. The Kier molecular flexibility index (Phi) is 5.49. The van der Waals surface area contributed by atoms with E-state index in [-0.39, 0.29) is 24.3 Å². The van der Waals surface area contributed by atoms with Gasteiger partial charge in [0, 0.05) is 12.1 Å². The minimum Gasteiger partial charge on any atom is -0.478 e. The van der Waals surface area contributed by atoms with Crippen molar-refractivity contribution in [2.75, 3.05) is 12.4 Å². The molecule has 0 aliphatic rings. The van der Waals surface area contributed by atoms with E-state index in [9.17, 15) is 19.5 Å². The van der Waals surface area contributed by atoms with Gasteiger partial charge in [0.15, 0.2) is 0 Å². The second-order valence-electron chi connectivity index (χ2n) is 5.27. The molecule has 0 unspecified atom stereocenters. The molecule has 1 amide bonds. The largest absolute Gasteiger partial charge is 0.478 e. The van der Waals surface area contributed by atoms with E-state index in [1.165, 1.54) is 13.2 Å². The van der Waals surface area contributed by atoms with Crippen LogP contribution >= 0.6 is 0 Å². The number of carbonyl (C=O) groups excluding carboxylic acids is 2. The molecular weight excluding hydrogens is 312 g/mol.